The molecule has 0 amide bonds. The molecule has 0 radical (unpaired) electrons. The van der Waals surface area contributed by atoms with Crippen molar-refractivity contribution in [3.05, 3.63) is 12.2 Å². The molecule has 3 saturated heterocycles. The Morgan fingerprint density at radius 3 is 2.37 bits per heavy atom. The van der Waals surface area contributed by atoms with Gasteiger partial charge in [0.1, 0.15) is 12.2 Å². The maximum atomic E-state index is 9.94. The number of aliphatic hydroxyl groups excluding tert-OH is 1. The summed E-state index contributed by atoms with van der Waals surface area (Å²) in [5.41, 5.74) is 0.0715. The van der Waals surface area contributed by atoms with Crippen molar-refractivity contribution in [3.8, 4) is 0 Å². The molecule has 5 heteroatoms. The first-order valence-electron chi connectivity index (χ1n) is 6.90. The molecule has 3 rings (SSSR count). The lowest BCUT2D eigenvalue weighted by atomic mass is 9.96. The first kappa shape index (κ1) is 13.5. The first-order valence-corrected chi connectivity index (χ1v) is 6.90. The smallest absolute Gasteiger partial charge is 0.176 e. The normalized spacial score (nSPS) is 42.9. The highest BCUT2D eigenvalue weighted by Crippen LogP contribution is 2.30. The van der Waals surface area contributed by atoms with Gasteiger partial charge in [-0.3, -0.25) is 0 Å². The van der Waals surface area contributed by atoms with Crippen molar-refractivity contribution in [1.29, 1.82) is 0 Å². The van der Waals surface area contributed by atoms with E-state index in [0.29, 0.717) is 19.6 Å². The molecule has 3 aliphatic heterocycles. The Morgan fingerprint density at radius 1 is 1.05 bits per heavy atom. The second-order valence-electron chi connectivity index (χ2n) is 6.35. The van der Waals surface area contributed by atoms with Gasteiger partial charge in [0.25, 0.3) is 0 Å². The number of hydrogen-bond acceptors (Lipinski definition) is 5. The zero-order valence-electron chi connectivity index (χ0n) is 11.5. The second kappa shape index (κ2) is 5.14. The number of ether oxygens (including phenoxy) is 4. The lowest BCUT2D eigenvalue weighted by molar-refractivity contribution is -0.197. The third-order valence-electron chi connectivity index (χ3n) is 3.69. The van der Waals surface area contributed by atoms with Crippen LogP contribution < -0.4 is 0 Å². The fourth-order valence-corrected chi connectivity index (χ4v) is 2.42. The first-order chi connectivity index (χ1) is 9.03. The highest BCUT2D eigenvalue weighted by molar-refractivity contribution is 5.02. The minimum absolute atomic E-state index is 0.0248. The molecule has 0 aliphatic carbocycles. The molecule has 108 valence electrons. The van der Waals surface area contributed by atoms with Crippen LogP contribution in [0.4, 0.5) is 0 Å². The van der Waals surface area contributed by atoms with E-state index in [1.165, 1.54) is 0 Å². The monoisotopic (exact) mass is 270 g/mol. The Labute approximate surface area is 113 Å². The van der Waals surface area contributed by atoms with Crippen molar-refractivity contribution in [1.82, 2.24) is 0 Å². The van der Waals surface area contributed by atoms with Gasteiger partial charge in [-0.25, -0.2) is 0 Å². The summed E-state index contributed by atoms with van der Waals surface area (Å²) in [6.45, 7) is 6.31. The Bertz CT molecular complexity index is 340. The van der Waals surface area contributed by atoms with E-state index in [4.69, 9.17) is 18.9 Å². The molecule has 0 spiro atoms. The molecule has 5 nitrogen and oxygen atoms in total. The van der Waals surface area contributed by atoms with Crippen LogP contribution in [0.15, 0.2) is 12.2 Å². The van der Waals surface area contributed by atoms with E-state index >= 15 is 0 Å². The molecule has 4 atom stereocenters. The van der Waals surface area contributed by atoms with E-state index < -0.39 is 6.10 Å². The van der Waals surface area contributed by atoms with Crippen LogP contribution >= 0.6 is 0 Å². The highest BCUT2D eigenvalue weighted by Gasteiger charge is 2.42. The van der Waals surface area contributed by atoms with Gasteiger partial charge in [0.2, 0.25) is 0 Å². The number of hydrogen-bond donors (Lipinski definition) is 1. The van der Waals surface area contributed by atoms with Gasteiger partial charge < -0.3 is 24.1 Å². The van der Waals surface area contributed by atoms with Crippen molar-refractivity contribution in [2.24, 2.45) is 5.41 Å². The third kappa shape index (κ3) is 3.35. The summed E-state index contributed by atoms with van der Waals surface area (Å²) in [5, 5.41) is 9.94. The molecule has 3 fully saturated rings. The molecular weight excluding hydrogens is 248 g/mol. The molecule has 3 aliphatic rings. The fraction of sp³-hybridized carbons (Fsp3) is 0.857. The highest BCUT2D eigenvalue weighted by atomic mass is 16.7. The second-order valence-corrected chi connectivity index (χ2v) is 6.35. The fourth-order valence-electron chi connectivity index (χ4n) is 2.42. The van der Waals surface area contributed by atoms with Crippen LogP contribution in [0.3, 0.4) is 0 Å². The third-order valence-corrected chi connectivity index (χ3v) is 3.69. The predicted molar refractivity (Wildman–Crippen MR) is 67.6 cm³/mol. The van der Waals surface area contributed by atoms with Crippen LogP contribution in [0.25, 0.3) is 0 Å². The standard InChI is InChI=1S/C14H22O5/c1-14(2)7-17-13(18-8-14)4-3-10-9(15)5-11(19-10)12-6-16-12/h3-4,9-13,15H,5-8H2,1-2H3/b4-3+/t9-,10-,11-,12+/m1/s1. The Hall–Kier alpha value is -0.460. The quantitative estimate of drug-likeness (QED) is 0.609. The van der Waals surface area contributed by atoms with Gasteiger partial charge in [-0.15, -0.1) is 0 Å². The zero-order valence-corrected chi connectivity index (χ0v) is 11.5. The molecule has 0 bridgehead atoms. The van der Waals surface area contributed by atoms with Gasteiger partial charge in [0, 0.05) is 11.8 Å². The Balaban J connectivity index is 1.49. The number of epoxide rings is 1. The lowest BCUT2D eigenvalue weighted by Crippen LogP contribution is -2.37. The van der Waals surface area contributed by atoms with Gasteiger partial charge in [0.05, 0.1) is 32.0 Å². The van der Waals surface area contributed by atoms with Gasteiger partial charge in [-0.05, 0) is 6.08 Å². The maximum absolute atomic E-state index is 9.94. The summed E-state index contributed by atoms with van der Waals surface area (Å²) in [4.78, 5) is 0. The number of aliphatic hydroxyl groups is 1. The van der Waals surface area contributed by atoms with Crippen LogP contribution in [0.2, 0.25) is 0 Å². The van der Waals surface area contributed by atoms with Crippen LogP contribution in [0.5, 0.6) is 0 Å². The van der Waals surface area contributed by atoms with E-state index in [0.717, 1.165) is 6.61 Å². The molecule has 19 heavy (non-hydrogen) atoms. The lowest BCUT2D eigenvalue weighted by Gasteiger charge is -2.33. The Kier molecular flexibility index (Phi) is 3.66. The summed E-state index contributed by atoms with van der Waals surface area (Å²) in [6, 6.07) is 0. The molecule has 0 aromatic rings. The predicted octanol–water partition coefficient (Wildman–Crippen LogP) is 0.859. The zero-order chi connectivity index (χ0) is 13.5. The molecule has 0 aromatic heterocycles. The van der Waals surface area contributed by atoms with Crippen molar-refractivity contribution in [2.75, 3.05) is 19.8 Å². The molecule has 3 heterocycles. The SMILES string of the molecule is CC1(C)COC(/C=C/[C@H]2O[C@@H]([C@@H]3CO3)C[C@H]2O)OC1. The van der Waals surface area contributed by atoms with E-state index in [1.54, 1.807) is 0 Å². The van der Waals surface area contributed by atoms with E-state index in [-0.39, 0.29) is 30.0 Å². The molecule has 0 unspecified atom stereocenters. The van der Waals surface area contributed by atoms with E-state index in [2.05, 4.69) is 13.8 Å². The van der Waals surface area contributed by atoms with E-state index in [1.807, 2.05) is 12.2 Å². The molecule has 0 saturated carbocycles. The summed E-state index contributed by atoms with van der Waals surface area (Å²) in [6.07, 6.45) is 3.43. The average Bonchev–Trinajstić information content (AvgIpc) is 3.13. The van der Waals surface area contributed by atoms with E-state index in [9.17, 15) is 5.11 Å². The largest absolute Gasteiger partial charge is 0.390 e. The molecule has 1 N–H and O–H groups in total. The molecular formula is C14H22O5. The summed E-state index contributed by atoms with van der Waals surface area (Å²) < 4.78 is 22.2. The maximum Gasteiger partial charge on any atom is 0.176 e. The number of rotatable bonds is 3. The van der Waals surface area contributed by atoms with Crippen molar-refractivity contribution in [3.63, 3.8) is 0 Å². The van der Waals surface area contributed by atoms with Gasteiger partial charge in [0.15, 0.2) is 6.29 Å². The van der Waals surface area contributed by atoms with Gasteiger partial charge in [-0.2, -0.15) is 0 Å². The van der Waals surface area contributed by atoms with Crippen molar-refractivity contribution in [2.45, 2.75) is 51.0 Å². The van der Waals surface area contributed by atoms with Gasteiger partial charge >= 0.3 is 0 Å². The average molecular weight is 270 g/mol. The van der Waals surface area contributed by atoms with Gasteiger partial charge in [-0.1, -0.05) is 19.9 Å². The van der Waals surface area contributed by atoms with Crippen LogP contribution in [-0.4, -0.2) is 55.6 Å². The summed E-state index contributed by atoms with van der Waals surface area (Å²) in [7, 11) is 0. The minimum Gasteiger partial charge on any atom is -0.390 e. The minimum atomic E-state index is -0.467. The summed E-state index contributed by atoms with van der Waals surface area (Å²) >= 11 is 0. The molecule has 0 aromatic carbocycles. The van der Waals surface area contributed by atoms with Crippen molar-refractivity contribution < 1.29 is 24.1 Å². The van der Waals surface area contributed by atoms with Crippen LogP contribution in [-0.2, 0) is 18.9 Å². The Morgan fingerprint density at radius 2 is 1.74 bits per heavy atom. The van der Waals surface area contributed by atoms with Crippen molar-refractivity contribution >= 4 is 0 Å². The topological polar surface area (TPSA) is 60.5 Å². The van der Waals surface area contributed by atoms with Crippen LogP contribution in [0, 0.1) is 5.41 Å². The van der Waals surface area contributed by atoms with Crippen LogP contribution in [0.1, 0.15) is 20.3 Å². The summed E-state index contributed by atoms with van der Waals surface area (Å²) in [5.74, 6) is 0.